The highest BCUT2D eigenvalue weighted by Gasteiger charge is 1.80. The second-order valence-corrected chi connectivity index (χ2v) is 1.24. The molecule has 0 aliphatic heterocycles. The fraction of sp³-hybridized carbons (Fsp3) is 0.333. The Kier molecular flexibility index (Phi) is 2.61. The van der Waals surface area contributed by atoms with E-state index in [2.05, 4.69) is 9.97 Å². The van der Waals surface area contributed by atoms with E-state index >= 15 is 0 Å². The highest BCUT2D eigenvalue weighted by Crippen LogP contribution is 1.67. The molecule has 4 heteroatoms. The van der Waals surface area contributed by atoms with Gasteiger partial charge in [-0.05, 0) is 0 Å². The first-order valence-corrected chi connectivity index (χ1v) is 2.46. The molecule has 1 aromatic rings. The van der Waals surface area contributed by atoms with Crippen molar-refractivity contribution >= 4 is 5.97 Å². The van der Waals surface area contributed by atoms with E-state index in [1.807, 2.05) is 0 Å². The summed E-state index contributed by atoms with van der Waals surface area (Å²) in [7, 11) is 0. The summed E-state index contributed by atoms with van der Waals surface area (Å²) in [5, 5.41) is 7.95. The van der Waals surface area contributed by atoms with Gasteiger partial charge < -0.3 is 10.1 Å². The van der Waals surface area contributed by atoms with E-state index in [4.69, 9.17) is 9.22 Å². The van der Waals surface area contributed by atoms with Crippen LogP contribution in [0.2, 0.25) is 0 Å². The monoisotopic (exact) mass is 145 g/mol. The molecule has 0 amide bonds. The van der Waals surface area contributed by atoms with Gasteiger partial charge in [-0.2, -0.15) is 0 Å². The molecule has 0 fully saturated rings. The first kappa shape index (κ1) is 4.49. The number of hydrogen-bond acceptors (Lipinski definition) is 2. The van der Waals surface area contributed by atoms with Crippen LogP contribution in [0.5, 0.6) is 0 Å². The second-order valence-electron chi connectivity index (χ2n) is 1.24. The molecule has 1 heterocycles. The average molecular weight is 145 g/mol. The smallest absolute Gasteiger partial charge is 0.303 e. The molecule has 4 nitrogen and oxygen atoms in total. The van der Waals surface area contributed by atoms with Crippen molar-refractivity contribution in [3.63, 3.8) is 0 Å². The Morgan fingerprint density at radius 3 is 3.00 bits per heavy atom. The lowest BCUT2D eigenvalue weighted by atomic mass is 10.5. The van der Waals surface area contributed by atoms with Crippen molar-refractivity contribution < 1.29 is 14.0 Å². The number of carboxylic acid groups (broad SMARTS) is 1. The van der Waals surface area contributed by atoms with Crippen molar-refractivity contribution in [2.45, 2.75) is 13.3 Å². The molecule has 0 bridgehead atoms. The van der Waals surface area contributed by atoms with E-state index < -0.39 is 19.2 Å². The number of aliphatic carboxylic acids is 1. The number of imidazole rings is 1. The third kappa shape index (κ3) is 6.68. The minimum absolute atomic E-state index is 0.734. The van der Waals surface area contributed by atoms with Crippen LogP contribution in [0.15, 0.2) is 18.7 Å². The van der Waals surface area contributed by atoms with Gasteiger partial charge in [0.15, 0.2) is 0 Å². The van der Waals surface area contributed by atoms with Crippen LogP contribution in [0.4, 0.5) is 0 Å². The molecule has 1 rings (SSSR count). The molecule has 10 heavy (non-hydrogen) atoms. The standard InChI is InChI=1S/C3H4N2.C3H6O2/c1-2-5-3-4-1;1-2-3(4)5/h1-3H,(H,4,5);2H2,1H3,(H,4,5)/i;1D,2D2. The van der Waals surface area contributed by atoms with E-state index in [1.165, 1.54) is 0 Å². The molecule has 0 radical (unpaired) electrons. The van der Waals surface area contributed by atoms with Crippen LogP contribution in [0.1, 0.15) is 17.4 Å². The van der Waals surface area contributed by atoms with Gasteiger partial charge in [-0.3, -0.25) is 4.79 Å². The quantitative estimate of drug-likeness (QED) is 0.616. The number of nitrogens with one attached hydrogen (secondary N) is 1. The minimum atomic E-state index is -2.38. The molecule has 0 atom stereocenters. The van der Waals surface area contributed by atoms with Gasteiger partial charge in [0.05, 0.1) is 6.33 Å². The van der Waals surface area contributed by atoms with Crippen molar-refractivity contribution in [3.8, 4) is 0 Å². The highest BCUT2D eigenvalue weighted by atomic mass is 16.4. The summed E-state index contributed by atoms with van der Waals surface area (Å²) >= 11 is 0. The van der Waals surface area contributed by atoms with Crippen molar-refractivity contribution in [2.75, 3.05) is 0 Å². The van der Waals surface area contributed by atoms with Gasteiger partial charge in [-0.15, -0.1) is 0 Å². The zero-order chi connectivity index (χ0) is 10.3. The topological polar surface area (TPSA) is 66.0 Å². The van der Waals surface area contributed by atoms with Gasteiger partial charge in [0.2, 0.25) is 0 Å². The molecule has 0 saturated heterocycles. The SMILES string of the molecule is [2H]CC([2H])([2H])C(=O)O.c1c[nH]cn1. The zero-order valence-corrected chi connectivity index (χ0v) is 5.24. The summed E-state index contributed by atoms with van der Waals surface area (Å²) in [5.41, 5.74) is 0. The van der Waals surface area contributed by atoms with Crippen LogP contribution in [-0.4, -0.2) is 21.0 Å². The molecule has 0 saturated carbocycles. The van der Waals surface area contributed by atoms with Gasteiger partial charge in [-0.1, -0.05) is 6.90 Å². The Labute approximate surface area is 63.1 Å². The lowest BCUT2D eigenvalue weighted by Gasteiger charge is -1.71. The minimum Gasteiger partial charge on any atom is -0.481 e. The molecule has 0 aliphatic rings. The predicted octanol–water partition coefficient (Wildman–Crippen LogP) is 0.891. The van der Waals surface area contributed by atoms with Crippen LogP contribution in [-0.2, 0) is 4.79 Å². The molecule has 1 aromatic heterocycles. The van der Waals surface area contributed by atoms with Crippen molar-refractivity contribution in [1.82, 2.24) is 9.97 Å². The number of nitrogens with zero attached hydrogens (tertiary/aromatic N) is 1. The van der Waals surface area contributed by atoms with Crippen LogP contribution >= 0.6 is 0 Å². The fourth-order valence-electron chi connectivity index (χ4n) is 0.215. The third-order valence-corrected chi connectivity index (χ3v) is 0.557. The van der Waals surface area contributed by atoms with Gasteiger partial charge in [0.25, 0.3) is 0 Å². The summed E-state index contributed by atoms with van der Waals surface area (Å²) in [6.07, 6.45) is 2.71. The van der Waals surface area contributed by atoms with E-state index in [-0.39, 0.29) is 0 Å². The Hall–Kier alpha value is -1.32. The number of hydrogen-bond donors (Lipinski definition) is 2. The zero-order valence-electron chi connectivity index (χ0n) is 8.24. The average Bonchev–Trinajstić information content (AvgIpc) is 2.61. The summed E-state index contributed by atoms with van der Waals surface area (Å²) in [6.45, 7) is -0.734. The van der Waals surface area contributed by atoms with Crippen molar-refractivity contribution in [3.05, 3.63) is 18.7 Å². The van der Waals surface area contributed by atoms with Crippen molar-refractivity contribution in [1.29, 1.82) is 0 Å². The lowest BCUT2D eigenvalue weighted by molar-refractivity contribution is -0.136. The normalized spacial score (nSPS) is 13.4. The summed E-state index contributed by atoms with van der Waals surface area (Å²) in [5.74, 6) is -1.58. The Morgan fingerprint density at radius 2 is 2.90 bits per heavy atom. The van der Waals surface area contributed by atoms with Crippen LogP contribution in [0.3, 0.4) is 0 Å². The van der Waals surface area contributed by atoms with Gasteiger partial charge in [0.1, 0.15) is 0 Å². The van der Waals surface area contributed by atoms with Crippen LogP contribution in [0, 0.1) is 0 Å². The van der Waals surface area contributed by atoms with Crippen molar-refractivity contribution in [2.24, 2.45) is 0 Å². The van der Waals surface area contributed by atoms with Gasteiger partial charge in [0, 0.05) is 22.9 Å². The number of H-pyrrole nitrogens is 1. The molecule has 56 valence electrons. The van der Waals surface area contributed by atoms with E-state index in [0.717, 1.165) is 0 Å². The van der Waals surface area contributed by atoms with Crippen LogP contribution < -0.4 is 0 Å². The van der Waals surface area contributed by atoms with E-state index in [9.17, 15) is 4.79 Å². The maximum atomic E-state index is 9.76. The molecule has 0 spiro atoms. The summed E-state index contributed by atoms with van der Waals surface area (Å²) in [4.78, 5) is 16.2. The lowest BCUT2D eigenvalue weighted by Crippen LogP contribution is -1.86. The molecule has 0 aliphatic carbocycles. The number of carboxylic acids is 1. The van der Waals surface area contributed by atoms with Crippen LogP contribution in [0.25, 0.3) is 0 Å². The predicted molar refractivity (Wildman–Crippen MR) is 36.5 cm³/mol. The molecule has 0 unspecified atom stereocenters. The highest BCUT2D eigenvalue weighted by molar-refractivity contribution is 5.66. The maximum absolute atomic E-state index is 9.76. The Bertz CT molecular complexity index is 221. The fourth-order valence-corrected chi connectivity index (χ4v) is 0.215. The van der Waals surface area contributed by atoms with Gasteiger partial charge in [-0.25, -0.2) is 4.98 Å². The first-order chi connectivity index (χ1) is 6.00. The largest absolute Gasteiger partial charge is 0.481 e. The Morgan fingerprint density at radius 1 is 2.10 bits per heavy atom. The molecule has 0 aromatic carbocycles. The number of aromatic amines is 1. The first-order valence-electron chi connectivity index (χ1n) is 4.17. The second kappa shape index (κ2) is 5.81. The van der Waals surface area contributed by atoms with E-state index in [1.54, 1.807) is 18.7 Å². The van der Waals surface area contributed by atoms with Gasteiger partial charge >= 0.3 is 5.97 Å². The third-order valence-electron chi connectivity index (χ3n) is 0.557. The number of aromatic nitrogens is 2. The number of carbonyl (C=O) groups is 1. The molecular formula is C6H10N2O2. The molecule has 2 N–H and O–H groups in total. The summed E-state index contributed by atoms with van der Waals surface area (Å²) < 4.78 is 19.4. The molecular weight excluding hydrogens is 132 g/mol. The summed E-state index contributed by atoms with van der Waals surface area (Å²) in [6, 6.07) is 0. The Balaban J connectivity index is 0.000000243. The number of rotatable bonds is 1. The van der Waals surface area contributed by atoms with E-state index in [0.29, 0.717) is 0 Å². The maximum Gasteiger partial charge on any atom is 0.303 e.